The van der Waals surface area contributed by atoms with Crippen LogP contribution in [0.25, 0.3) is 282 Å². The molecule has 142 heavy (non-hydrogen) atoms. The highest BCUT2D eigenvalue weighted by molar-refractivity contribution is 6.20. The Hall–Kier alpha value is -19.7. The Morgan fingerprint density at radius 1 is 0.148 bits per heavy atom. The number of rotatable bonds is 7. The van der Waals surface area contributed by atoms with E-state index >= 15 is 0 Å². The molecule has 0 saturated carbocycles. The maximum Gasteiger partial charge on any atom is 0.220 e. The minimum atomic E-state index is 0.802. The van der Waals surface area contributed by atoms with Crippen molar-refractivity contribution in [2.24, 2.45) is 0 Å². The lowest BCUT2D eigenvalue weighted by molar-refractivity contribution is 0.665. The van der Waals surface area contributed by atoms with Crippen molar-refractivity contribution in [2.45, 2.75) is 0 Å². The molecule has 662 valence electrons. The van der Waals surface area contributed by atoms with Crippen molar-refractivity contribution in [2.75, 3.05) is 0 Å². The van der Waals surface area contributed by atoms with Gasteiger partial charge in [-0.15, -0.1) is 0 Å². The normalized spacial score (nSPS) is 12.4. The van der Waals surface area contributed by atoms with Crippen LogP contribution in [0.3, 0.4) is 0 Å². The second-order valence-corrected chi connectivity index (χ2v) is 36.8. The first kappa shape index (κ1) is 76.6. The van der Waals surface area contributed by atoms with E-state index in [-0.39, 0.29) is 0 Å². The zero-order valence-corrected chi connectivity index (χ0v) is 75.6. The van der Waals surface area contributed by atoms with Crippen LogP contribution in [0.5, 0.6) is 0 Å². The van der Waals surface area contributed by atoms with Crippen molar-refractivity contribution < 1.29 is 13.3 Å². The summed E-state index contributed by atoms with van der Waals surface area (Å²) in [6, 6.07) is 156. The molecular formula is C124H73N15O3. The zero-order chi connectivity index (χ0) is 92.4. The molecule has 0 aliphatic rings. The van der Waals surface area contributed by atoms with Crippen LogP contribution >= 0.6 is 0 Å². The monoisotopic (exact) mass is 1820 g/mol. The second kappa shape index (κ2) is 28.9. The molecule has 18 nitrogen and oxygen atoms in total. The number of imidazole rings is 8. The largest absolute Gasteiger partial charge is 0.454 e. The summed E-state index contributed by atoms with van der Waals surface area (Å²) in [4.78, 5) is 20.7. The average molecular weight is 1820 g/mol. The van der Waals surface area contributed by atoms with E-state index in [4.69, 9.17) is 33.2 Å². The molecular weight excluding hydrogens is 1750 g/mol. The van der Waals surface area contributed by atoms with Crippen molar-refractivity contribution in [3.8, 4) is 39.8 Å². The van der Waals surface area contributed by atoms with E-state index < -0.39 is 0 Å². The van der Waals surface area contributed by atoms with Crippen molar-refractivity contribution in [3.63, 3.8) is 0 Å². The van der Waals surface area contributed by atoms with Crippen LogP contribution in [0, 0.1) is 0 Å². The van der Waals surface area contributed by atoms with E-state index in [1.165, 1.54) is 43.4 Å². The number of nitrogens with zero attached hydrogens (tertiary/aromatic N) is 15. The molecule has 34 rings (SSSR count). The lowest BCUT2D eigenvalue weighted by Crippen LogP contribution is -2.00. The summed E-state index contributed by atoms with van der Waals surface area (Å²) in [6.07, 6.45) is 0. The van der Waals surface area contributed by atoms with E-state index in [0.29, 0.717) is 0 Å². The SMILES string of the molecule is c1ccc2c(c1)nc1n(-c3ccc(-n4c5ccccc5c5ccccc54)c4oc5ccc(-n6c7ccccc7c7ccccc76)cc5c34)c3ccccc3n21.c1ccc2c(c1)nc1n(-c3ccc(-n4c5ccccc5c5ccccc54)c4oc5ccccc5c34)c3ccccc3n21.c1ccc2c(c1)nc1n(-c3ccc(-n4c5ccccc5n5c6ccccc6nc45)c4c3oc3ccccc34)c3ccccc3n21. The van der Waals surface area contributed by atoms with Gasteiger partial charge in [0.15, 0.2) is 16.7 Å². The molecule has 0 aliphatic heterocycles. The fraction of sp³-hybridized carbons (Fsp3) is 0. The van der Waals surface area contributed by atoms with Crippen LogP contribution in [0.1, 0.15) is 0 Å². The van der Waals surface area contributed by atoms with Gasteiger partial charge in [0, 0.05) is 54.2 Å². The van der Waals surface area contributed by atoms with E-state index in [1.54, 1.807) is 0 Å². The van der Waals surface area contributed by atoms with Crippen LogP contribution in [0.2, 0.25) is 0 Å². The zero-order valence-electron chi connectivity index (χ0n) is 75.6. The Morgan fingerprint density at radius 3 is 0.662 bits per heavy atom. The third-order valence-corrected chi connectivity index (χ3v) is 29.4. The fourth-order valence-corrected chi connectivity index (χ4v) is 23.6. The smallest absolute Gasteiger partial charge is 0.220 e. The van der Waals surface area contributed by atoms with Gasteiger partial charge < -0.3 is 27.0 Å². The number of furan rings is 3. The summed E-state index contributed by atoms with van der Waals surface area (Å²) >= 11 is 0. The molecule has 14 aromatic heterocycles. The predicted octanol–water partition coefficient (Wildman–Crippen LogP) is 31.0. The van der Waals surface area contributed by atoms with Crippen LogP contribution in [-0.4, -0.2) is 69.5 Å². The van der Waals surface area contributed by atoms with Crippen LogP contribution in [0.4, 0.5) is 0 Å². The molecule has 0 unspecified atom stereocenters. The number of benzene rings is 20. The molecule has 0 N–H and O–H groups in total. The molecule has 0 amide bonds. The van der Waals surface area contributed by atoms with Gasteiger partial charge in [0.2, 0.25) is 23.1 Å². The van der Waals surface area contributed by atoms with E-state index in [9.17, 15) is 0 Å². The van der Waals surface area contributed by atoms with Crippen LogP contribution < -0.4 is 0 Å². The van der Waals surface area contributed by atoms with E-state index in [0.717, 1.165) is 239 Å². The van der Waals surface area contributed by atoms with Gasteiger partial charge in [-0.05, 0) is 200 Å². The fourth-order valence-electron chi connectivity index (χ4n) is 23.6. The molecule has 34 aromatic rings. The summed E-state index contributed by atoms with van der Waals surface area (Å²) in [5, 5.41) is 13.7. The molecule has 0 spiro atoms. The summed E-state index contributed by atoms with van der Waals surface area (Å²) in [6.45, 7) is 0. The lowest BCUT2D eigenvalue weighted by Gasteiger charge is -2.13. The third-order valence-electron chi connectivity index (χ3n) is 29.4. The van der Waals surface area contributed by atoms with Gasteiger partial charge in [0.1, 0.15) is 16.7 Å². The topological polar surface area (TPSA) is 143 Å². The molecule has 0 bridgehead atoms. The lowest BCUT2D eigenvalue weighted by atomic mass is 10.1. The highest BCUT2D eigenvalue weighted by Crippen LogP contribution is 2.49. The number of hydrogen-bond acceptors (Lipinski definition) is 7. The van der Waals surface area contributed by atoms with Gasteiger partial charge in [-0.3, -0.25) is 35.9 Å². The Bertz CT molecular complexity index is 11300. The second-order valence-electron chi connectivity index (χ2n) is 36.8. The summed E-state index contributed by atoms with van der Waals surface area (Å²) in [5.74, 6) is 3.46. The van der Waals surface area contributed by atoms with Crippen LogP contribution in [0.15, 0.2) is 456 Å². The van der Waals surface area contributed by atoms with Gasteiger partial charge in [-0.25, -0.2) is 19.9 Å². The van der Waals surface area contributed by atoms with Crippen LogP contribution in [-0.2, 0) is 0 Å². The van der Waals surface area contributed by atoms with E-state index in [2.05, 4.69) is 456 Å². The Morgan fingerprint density at radius 2 is 0.359 bits per heavy atom. The molecule has 0 atom stereocenters. The highest BCUT2D eigenvalue weighted by Gasteiger charge is 2.31. The summed E-state index contributed by atoms with van der Waals surface area (Å²) < 4.78 is 45.9. The molecule has 20 aromatic carbocycles. The Kier molecular flexibility index (Phi) is 15.6. The number of fused-ring (bicyclic) bond motifs is 38. The van der Waals surface area contributed by atoms with Gasteiger partial charge in [-0.1, -0.05) is 243 Å². The maximum absolute atomic E-state index is 7.10. The minimum absolute atomic E-state index is 0.802. The number of aromatic nitrogens is 15. The maximum atomic E-state index is 7.10. The predicted molar refractivity (Wildman–Crippen MR) is 577 cm³/mol. The van der Waals surface area contributed by atoms with Gasteiger partial charge in [0.05, 0.1) is 172 Å². The average Bonchev–Trinajstić information content (AvgIpc) is 1.54. The van der Waals surface area contributed by atoms with Crippen molar-refractivity contribution in [3.05, 3.63) is 443 Å². The summed E-state index contributed by atoms with van der Waals surface area (Å²) in [7, 11) is 0. The van der Waals surface area contributed by atoms with Crippen molar-refractivity contribution in [1.82, 2.24) is 69.5 Å². The summed E-state index contributed by atoms with van der Waals surface area (Å²) in [5.41, 5.74) is 36.0. The first-order valence-corrected chi connectivity index (χ1v) is 47.9. The molecule has 0 saturated heterocycles. The van der Waals surface area contributed by atoms with Crippen molar-refractivity contribution in [1.29, 1.82) is 0 Å². The Balaban J connectivity index is 0.0000000968. The molecule has 0 aliphatic carbocycles. The van der Waals surface area contributed by atoms with Gasteiger partial charge in [0.25, 0.3) is 0 Å². The number of para-hydroxylation sites is 24. The minimum Gasteiger partial charge on any atom is -0.454 e. The van der Waals surface area contributed by atoms with E-state index in [1.807, 2.05) is 36.4 Å². The third kappa shape index (κ3) is 10.5. The van der Waals surface area contributed by atoms with Gasteiger partial charge in [-0.2, -0.15) is 0 Å². The first-order chi connectivity index (χ1) is 70.5. The Labute approximate surface area is 802 Å². The number of hydrogen-bond donors (Lipinski definition) is 0. The standard InChI is InChI=1S/C49H29N5O.C38H22N6O.C37H22N4O/c1-6-18-37-31(13-1)32-14-2-7-19-38(32)51(37)30-25-28-46-35(29-30)47-44(54-43-24-12-11-23-42(43)53-41-22-10-5-17-36(41)50-49(53)54)26-27-45(48(47)55-46)52-39-20-8-3-15-33(39)34-16-4-9-21-40(34)52;1-10-20-34-23(11-1)35-32(43-30-18-8-6-16-28(30)41-26-14-4-2-12-24(26)39-37(41)43)21-22-33(36(35)45-34)44-31-19-9-7-17-29(31)42-27-15-5-3-13-25(27)40-38(42)44;1-5-15-27-23(11-1)24-12-2-6-16-28(24)39(27)33-22-21-32(35-25-13-3-10-20-34(25)42-36(33)35)41-31-19-9-8-18-30(31)40-29-17-7-4-14-26(29)38-37(40)41/h1-29H;1-22H;1-22H. The quantitative estimate of drug-likeness (QED) is 0.155. The molecule has 18 heteroatoms. The molecule has 0 fully saturated rings. The van der Waals surface area contributed by atoms with Gasteiger partial charge >= 0.3 is 0 Å². The molecule has 0 radical (unpaired) electrons. The highest BCUT2D eigenvalue weighted by atomic mass is 16.3. The molecule has 14 heterocycles. The first-order valence-electron chi connectivity index (χ1n) is 47.9. The van der Waals surface area contributed by atoms with Crippen molar-refractivity contribution >= 4 is 243 Å².